The van der Waals surface area contributed by atoms with Gasteiger partial charge in [-0.25, -0.2) is 0 Å². The molecule has 1 saturated carbocycles. The van der Waals surface area contributed by atoms with Crippen LogP contribution in [0.25, 0.3) is 0 Å². The van der Waals surface area contributed by atoms with Crippen LogP contribution in [-0.2, 0) is 16.1 Å². The van der Waals surface area contributed by atoms with Crippen LogP contribution in [0.4, 0.5) is 0 Å². The van der Waals surface area contributed by atoms with Crippen LogP contribution in [0.3, 0.4) is 0 Å². The lowest BCUT2D eigenvalue weighted by Gasteiger charge is -2.32. The molecule has 2 saturated heterocycles. The van der Waals surface area contributed by atoms with Gasteiger partial charge in [-0.15, -0.1) is 0 Å². The number of nitrogens with zero attached hydrogens (tertiary/aromatic N) is 2. The lowest BCUT2D eigenvalue weighted by molar-refractivity contribution is -0.143. The van der Waals surface area contributed by atoms with Gasteiger partial charge in [0, 0.05) is 19.0 Å². The molecule has 3 aliphatic rings. The van der Waals surface area contributed by atoms with E-state index in [1.54, 1.807) is 6.26 Å². The van der Waals surface area contributed by atoms with E-state index >= 15 is 0 Å². The van der Waals surface area contributed by atoms with E-state index < -0.39 is 5.97 Å². The Bertz CT molecular complexity index is 617. The second-order valence-corrected chi connectivity index (χ2v) is 7.82. The Morgan fingerprint density at radius 1 is 1.16 bits per heavy atom. The summed E-state index contributed by atoms with van der Waals surface area (Å²) in [4.78, 5) is 28.6. The molecule has 0 bridgehead atoms. The van der Waals surface area contributed by atoms with Crippen molar-refractivity contribution in [2.75, 3.05) is 26.2 Å². The van der Waals surface area contributed by atoms with Gasteiger partial charge in [-0.1, -0.05) is 0 Å². The summed E-state index contributed by atoms with van der Waals surface area (Å²) in [6, 6.07) is 3.87. The molecule has 25 heavy (non-hydrogen) atoms. The zero-order chi connectivity index (χ0) is 17.4. The van der Waals surface area contributed by atoms with Gasteiger partial charge >= 0.3 is 5.97 Å². The van der Waals surface area contributed by atoms with Crippen LogP contribution in [0, 0.1) is 23.7 Å². The number of piperidine rings is 1. The molecule has 2 atom stereocenters. The predicted octanol–water partition coefficient (Wildman–Crippen LogP) is 2.06. The van der Waals surface area contributed by atoms with Crippen molar-refractivity contribution in [1.29, 1.82) is 0 Å². The van der Waals surface area contributed by atoms with E-state index in [1.165, 1.54) is 0 Å². The Hall–Kier alpha value is -1.82. The number of rotatable bonds is 5. The van der Waals surface area contributed by atoms with Crippen LogP contribution < -0.4 is 0 Å². The number of carbonyl (C=O) groups excluding carboxylic acids is 1. The molecule has 0 unspecified atom stereocenters. The van der Waals surface area contributed by atoms with Crippen molar-refractivity contribution in [2.24, 2.45) is 23.7 Å². The first-order valence-electron chi connectivity index (χ1n) is 9.38. The molecule has 1 aromatic heterocycles. The first-order chi connectivity index (χ1) is 12.1. The van der Waals surface area contributed by atoms with E-state index in [0.29, 0.717) is 19.0 Å². The predicted molar refractivity (Wildman–Crippen MR) is 90.6 cm³/mol. The van der Waals surface area contributed by atoms with Gasteiger partial charge < -0.3 is 14.4 Å². The normalized spacial score (nSPS) is 28.4. The summed E-state index contributed by atoms with van der Waals surface area (Å²) in [5.41, 5.74) is 0. The second-order valence-electron chi connectivity index (χ2n) is 7.82. The van der Waals surface area contributed by atoms with Crippen LogP contribution in [0.5, 0.6) is 0 Å². The van der Waals surface area contributed by atoms with E-state index in [2.05, 4.69) is 4.90 Å². The van der Waals surface area contributed by atoms with Crippen LogP contribution >= 0.6 is 0 Å². The fraction of sp³-hybridized carbons (Fsp3) is 0.684. The first-order valence-corrected chi connectivity index (χ1v) is 9.38. The number of carboxylic acids is 1. The summed E-state index contributed by atoms with van der Waals surface area (Å²) in [6.07, 6.45) is 5.64. The van der Waals surface area contributed by atoms with Crippen molar-refractivity contribution in [3.8, 4) is 0 Å². The largest absolute Gasteiger partial charge is 0.481 e. The molecule has 1 N–H and O–H groups in total. The van der Waals surface area contributed by atoms with Gasteiger partial charge in [-0.2, -0.15) is 0 Å². The van der Waals surface area contributed by atoms with Gasteiger partial charge in [0.25, 0.3) is 0 Å². The number of amides is 1. The highest BCUT2D eigenvalue weighted by atomic mass is 16.4. The summed E-state index contributed by atoms with van der Waals surface area (Å²) < 4.78 is 5.39. The number of furan rings is 1. The van der Waals surface area contributed by atoms with Gasteiger partial charge in [0.2, 0.25) is 5.91 Å². The van der Waals surface area contributed by atoms with Crippen molar-refractivity contribution in [1.82, 2.24) is 9.80 Å². The van der Waals surface area contributed by atoms with Crippen LogP contribution in [0.15, 0.2) is 22.8 Å². The van der Waals surface area contributed by atoms with Gasteiger partial charge in [0.15, 0.2) is 0 Å². The van der Waals surface area contributed by atoms with Crippen molar-refractivity contribution < 1.29 is 19.1 Å². The minimum absolute atomic E-state index is 0.0419. The molecule has 1 aromatic rings. The fourth-order valence-corrected chi connectivity index (χ4v) is 4.49. The Kier molecular flexibility index (Phi) is 4.54. The molecule has 6 heteroatoms. The molecule has 3 heterocycles. The van der Waals surface area contributed by atoms with E-state index in [1.807, 2.05) is 17.0 Å². The lowest BCUT2D eigenvalue weighted by Crippen LogP contribution is -2.41. The van der Waals surface area contributed by atoms with E-state index in [0.717, 1.165) is 51.1 Å². The number of carboxylic acid groups (broad SMARTS) is 1. The van der Waals surface area contributed by atoms with Gasteiger partial charge in [0.05, 0.1) is 18.7 Å². The summed E-state index contributed by atoms with van der Waals surface area (Å²) in [5.74, 6) is 0.763. The first kappa shape index (κ1) is 16.6. The molecule has 0 aromatic carbocycles. The molecule has 0 radical (unpaired) electrons. The summed E-state index contributed by atoms with van der Waals surface area (Å²) >= 11 is 0. The Morgan fingerprint density at radius 3 is 2.52 bits per heavy atom. The molecule has 0 spiro atoms. The molecule has 6 nitrogen and oxygen atoms in total. The monoisotopic (exact) mass is 346 g/mol. The Labute approximate surface area is 147 Å². The molecule has 136 valence electrons. The summed E-state index contributed by atoms with van der Waals surface area (Å²) in [5, 5.41) is 9.47. The number of carbonyl (C=O) groups is 2. The topological polar surface area (TPSA) is 74.0 Å². The van der Waals surface area contributed by atoms with Gasteiger partial charge in [-0.3, -0.25) is 14.5 Å². The van der Waals surface area contributed by atoms with Crippen molar-refractivity contribution >= 4 is 11.9 Å². The third kappa shape index (κ3) is 3.59. The Morgan fingerprint density at radius 2 is 1.92 bits per heavy atom. The number of likely N-dealkylation sites (tertiary alicyclic amines) is 2. The Balaban J connectivity index is 1.31. The minimum atomic E-state index is -0.736. The summed E-state index contributed by atoms with van der Waals surface area (Å²) in [7, 11) is 0. The molecule has 3 fully saturated rings. The number of aliphatic carboxylic acids is 1. The maximum atomic E-state index is 12.9. The molecular formula is C19H26N2O4. The van der Waals surface area contributed by atoms with Crippen LogP contribution in [0.1, 0.15) is 31.4 Å². The quantitative estimate of drug-likeness (QED) is 0.883. The van der Waals surface area contributed by atoms with Crippen LogP contribution in [-0.4, -0.2) is 53.0 Å². The zero-order valence-electron chi connectivity index (χ0n) is 14.5. The number of hydrogen-bond acceptors (Lipinski definition) is 4. The lowest BCUT2D eigenvalue weighted by atomic mass is 9.92. The standard InChI is InChI=1S/C19H26N2O4/c22-18(21-11-16(13-3-4-13)17(12-21)19(23)24)14-5-7-20(8-6-14)10-15-2-1-9-25-15/h1-2,9,13-14,16-17H,3-8,10-12H2,(H,23,24)/t16-,17+/m0/s1. The highest BCUT2D eigenvalue weighted by Crippen LogP contribution is 2.44. The maximum Gasteiger partial charge on any atom is 0.308 e. The molecule has 1 amide bonds. The van der Waals surface area contributed by atoms with E-state index in [9.17, 15) is 14.7 Å². The maximum absolute atomic E-state index is 12.9. The number of hydrogen-bond donors (Lipinski definition) is 1. The average molecular weight is 346 g/mol. The molecule has 2 aliphatic heterocycles. The third-order valence-electron chi connectivity index (χ3n) is 6.12. The average Bonchev–Trinajstić information content (AvgIpc) is 3.15. The van der Waals surface area contributed by atoms with E-state index in [-0.39, 0.29) is 23.7 Å². The zero-order valence-corrected chi connectivity index (χ0v) is 14.5. The molecular weight excluding hydrogens is 320 g/mol. The van der Waals surface area contributed by atoms with Gasteiger partial charge in [0.1, 0.15) is 5.76 Å². The van der Waals surface area contributed by atoms with Crippen molar-refractivity contribution in [3.63, 3.8) is 0 Å². The SMILES string of the molecule is O=C(O)[C@@H]1CN(C(=O)C2CCN(Cc3ccco3)CC2)C[C@H]1C1CC1. The van der Waals surface area contributed by atoms with E-state index in [4.69, 9.17) is 4.42 Å². The second kappa shape index (κ2) is 6.83. The summed E-state index contributed by atoms with van der Waals surface area (Å²) in [6.45, 7) is 3.62. The van der Waals surface area contributed by atoms with Crippen LogP contribution in [0.2, 0.25) is 0 Å². The van der Waals surface area contributed by atoms with Crippen molar-refractivity contribution in [2.45, 2.75) is 32.2 Å². The smallest absolute Gasteiger partial charge is 0.308 e. The highest BCUT2D eigenvalue weighted by Gasteiger charge is 2.47. The van der Waals surface area contributed by atoms with Crippen molar-refractivity contribution in [3.05, 3.63) is 24.2 Å². The third-order valence-corrected chi connectivity index (χ3v) is 6.12. The highest BCUT2D eigenvalue weighted by molar-refractivity contribution is 5.81. The van der Waals surface area contributed by atoms with Gasteiger partial charge in [-0.05, 0) is 62.7 Å². The fourth-order valence-electron chi connectivity index (χ4n) is 4.49. The molecule has 4 rings (SSSR count). The molecule has 1 aliphatic carbocycles. The minimum Gasteiger partial charge on any atom is -0.481 e.